The molecule has 0 bridgehead atoms. The third-order valence-electron chi connectivity index (χ3n) is 5.43. The predicted molar refractivity (Wildman–Crippen MR) is 114 cm³/mol. The van der Waals surface area contributed by atoms with Crippen molar-refractivity contribution in [3.05, 3.63) is 65.2 Å². The smallest absolute Gasteiger partial charge is 0.339 e. The molecule has 1 atom stereocenters. The molecule has 166 valence electrons. The molecule has 0 radical (unpaired) electrons. The van der Waals surface area contributed by atoms with Gasteiger partial charge in [0.2, 0.25) is 11.7 Å². The zero-order valence-corrected chi connectivity index (χ0v) is 17.6. The van der Waals surface area contributed by atoms with Gasteiger partial charge >= 0.3 is 5.97 Å². The van der Waals surface area contributed by atoms with Gasteiger partial charge in [0.1, 0.15) is 11.4 Å². The lowest BCUT2D eigenvalue weighted by atomic mass is 9.87. The molecule has 0 spiro atoms. The van der Waals surface area contributed by atoms with E-state index in [2.05, 4.69) is 5.32 Å². The van der Waals surface area contributed by atoms with Crippen LogP contribution < -0.4 is 19.5 Å². The Morgan fingerprint density at radius 2 is 1.81 bits per heavy atom. The molecule has 2 N–H and O–H groups in total. The molecule has 3 aromatic rings. The van der Waals surface area contributed by atoms with Crippen LogP contribution in [0.15, 0.2) is 42.6 Å². The highest BCUT2D eigenvalue weighted by Crippen LogP contribution is 2.46. The lowest BCUT2D eigenvalue weighted by molar-refractivity contribution is -0.116. The van der Waals surface area contributed by atoms with Gasteiger partial charge in [-0.25, -0.2) is 9.18 Å². The second-order valence-corrected chi connectivity index (χ2v) is 7.22. The maximum absolute atomic E-state index is 14.0. The molecular formula is C23H21FN2O6. The van der Waals surface area contributed by atoms with Crippen molar-refractivity contribution in [2.75, 3.05) is 26.6 Å². The standard InChI is InChI=1S/C23H21FN2O6/c1-30-17-7-12(8-18(31-2)22(17)32-3)15-10-19(27)25-20-16(23(28)29)11-26(21(15)20)14-6-4-5-13(24)9-14/h4-9,11,15H,10H2,1-3H3,(H,25,27)(H,28,29)/t15-/m0/s1. The van der Waals surface area contributed by atoms with Crippen LogP contribution in [-0.2, 0) is 4.79 Å². The number of carboxylic acids is 1. The Bertz CT molecular complexity index is 1190. The number of aromatic carboxylic acids is 1. The number of methoxy groups -OCH3 is 3. The largest absolute Gasteiger partial charge is 0.493 e. The zero-order chi connectivity index (χ0) is 23.0. The van der Waals surface area contributed by atoms with E-state index in [0.29, 0.717) is 34.2 Å². The quantitative estimate of drug-likeness (QED) is 0.605. The van der Waals surface area contributed by atoms with Gasteiger partial charge in [0.05, 0.1) is 32.7 Å². The van der Waals surface area contributed by atoms with Crippen LogP contribution in [0.5, 0.6) is 17.2 Å². The van der Waals surface area contributed by atoms with Gasteiger partial charge in [-0.05, 0) is 35.9 Å². The van der Waals surface area contributed by atoms with E-state index in [0.717, 1.165) is 0 Å². The van der Waals surface area contributed by atoms with Gasteiger partial charge in [0.25, 0.3) is 0 Å². The minimum Gasteiger partial charge on any atom is -0.493 e. The molecule has 2 heterocycles. The Balaban J connectivity index is 1.99. The molecule has 1 aliphatic rings. The van der Waals surface area contributed by atoms with Crippen molar-refractivity contribution in [1.29, 1.82) is 0 Å². The van der Waals surface area contributed by atoms with E-state index >= 15 is 0 Å². The summed E-state index contributed by atoms with van der Waals surface area (Å²) in [6, 6.07) is 9.24. The Morgan fingerprint density at radius 3 is 2.38 bits per heavy atom. The summed E-state index contributed by atoms with van der Waals surface area (Å²) >= 11 is 0. The molecule has 0 fully saturated rings. The summed E-state index contributed by atoms with van der Waals surface area (Å²) in [4.78, 5) is 24.5. The topological polar surface area (TPSA) is 99.0 Å². The van der Waals surface area contributed by atoms with Gasteiger partial charge in [0, 0.05) is 24.2 Å². The zero-order valence-electron chi connectivity index (χ0n) is 17.6. The van der Waals surface area contributed by atoms with Gasteiger partial charge in [-0.3, -0.25) is 4.79 Å². The number of halogens is 1. The van der Waals surface area contributed by atoms with Crippen LogP contribution in [0.4, 0.5) is 10.1 Å². The van der Waals surface area contributed by atoms with Gasteiger partial charge in [-0.2, -0.15) is 0 Å². The predicted octanol–water partition coefficient (Wildman–Crippen LogP) is 3.81. The van der Waals surface area contributed by atoms with E-state index in [9.17, 15) is 19.1 Å². The highest BCUT2D eigenvalue weighted by Gasteiger charge is 2.35. The number of carbonyl (C=O) groups excluding carboxylic acids is 1. The molecule has 0 saturated heterocycles. The van der Waals surface area contributed by atoms with E-state index in [1.807, 2.05) is 0 Å². The maximum Gasteiger partial charge on any atom is 0.339 e. The van der Waals surface area contributed by atoms with E-state index in [-0.39, 0.29) is 23.6 Å². The van der Waals surface area contributed by atoms with Crippen LogP contribution in [0.25, 0.3) is 5.69 Å². The molecule has 8 nitrogen and oxygen atoms in total. The first-order valence-electron chi connectivity index (χ1n) is 9.72. The number of carbonyl (C=O) groups is 2. The first-order valence-corrected chi connectivity index (χ1v) is 9.72. The second kappa shape index (κ2) is 8.26. The van der Waals surface area contributed by atoms with Crippen molar-refractivity contribution in [3.63, 3.8) is 0 Å². The summed E-state index contributed by atoms with van der Waals surface area (Å²) in [5, 5.41) is 12.4. The molecule has 2 aromatic carbocycles. The first kappa shape index (κ1) is 21.2. The fourth-order valence-corrected chi connectivity index (χ4v) is 4.05. The number of hydrogen-bond acceptors (Lipinski definition) is 5. The number of fused-ring (bicyclic) bond motifs is 1. The highest BCUT2D eigenvalue weighted by atomic mass is 19.1. The summed E-state index contributed by atoms with van der Waals surface area (Å²) in [6.45, 7) is 0. The molecule has 0 aliphatic carbocycles. The molecular weight excluding hydrogens is 419 g/mol. The van der Waals surface area contributed by atoms with E-state index in [1.165, 1.54) is 45.7 Å². The van der Waals surface area contributed by atoms with Crippen LogP contribution in [-0.4, -0.2) is 42.9 Å². The number of anilines is 1. The number of carboxylic acid groups (broad SMARTS) is 1. The number of nitrogens with zero attached hydrogens (tertiary/aromatic N) is 1. The summed E-state index contributed by atoms with van der Waals surface area (Å²) in [7, 11) is 4.45. The van der Waals surface area contributed by atoms with Crippen molar-refractivity contribution >= 4 is 17.6 Å². The van der Waals surface area contributed by atoms with Crippen LogP contribution >= 0.6 is 0 Å². The number of benzene rings is 2. The van der Waals surface area contributed by atoms with E-state index in [1.54, 1.807) is 22.8 Å². The van der Waals surface area contributed by atoms with Crippen LogP contribution in [0.1, 0.15) is 34.0 Å². The molecule has 1 amide bonds. The van der Waals surface area contributed by atoms with E-state index in [4.69, 9.17) is 14.2 Å². The lowest BCUT2D eigenvalue weighted by Gasteiger charge is -2.27. The molecule has 4 rings (SSSR count). The molecule has 0 saturated carbocycles. The Morgan fingerprint density at radius 1 is 1.12 bits per heavy atom. The van der Waals surface area contributed by atoms with Gasteiger partial charge < -0.3 is 29.2 Å². The number of rotatable bonds is 6. The normalized spacial score (nSPS) is 15.0. The highest BCUT2D eigenvalue weighted by molar-refractivity contribution is 6.04. The summed E-state index contributed by atoms with van der Waals surface area (Å²) in [6.07, 6.45) is 1.43. The maximum atomic E-state index is 14.0. The number of aromatic nitrogens is 1. The average Bonchev–Trinajstić information content (AvgIpc) is 3.17. The minimum atomic E-state index is -1.21. The second-order valence-electron chi connectivity index (χ2n) is 7.22. The van der Waals surface area contributed by atoms with Crippen molar-refractivity contribution in [2.45, 2.75) is 12.3 Å². The Labute approximate surface area is 183 Å². The van der Waals surface area contributed by atoms with Gasteiger partial charge in [-0.1, -0.05) is 6.07 Å². The first-order chi connectivity index (χ1) is 15.4. The lowest BCUT2D eigenvalue weighted by Crippen LogP contribution is -2.25. The van der Waals surface area contributed by atoms with Gasteiger partial charge in [0.15, 0.2) is 11.5 Å². The molecule has 1 aromatic heterocycles. The monoisotopic (exact) mass is 440 g/mol. The number of amides is 1. The Hall–Kier alpha value is -4.01. The van der Waals surface area contributed by atoms with Crippen molar-refractivity contribution in [2.24, 2.45) is 0 Å². The molecule has 0 unspecified atom stereocenters. The number of ether oxygens (including phenoxy) is 3. The van der Waals surface area contributed by atoms with Crippen LogP contribution in [0, 0.1) is 5.82 Å². The molecule has 9 heteroatoms. The minimum absolute atomic E-state index is 0.0457. The molecule has 32 heavy (non-hydrogen) atoms. The average molecular weight is 440 g/mol. The Kier molecular flexibility index (Phi) is 5.48. The summed E-state index contributed by atoms with van der Waals surface area (Å²) in [5.74, 6) is -1.37. The summed E-state index contributed by atoms with van der Waals surface area (Å²) in [5.41, 5.74) is 1.69. The third kappa shape index (κ3) is 3.51. The fourth-order valence-electron chi connectivity index (χ4n) is 4.05. The number of hydrogen-bond donors (Lipinski definition) is 2. The SMILES string of the molecule is COc1cc([C@@H]2CC(=O)Nc3c(C(=O)O)cn(-c4cccc(F)c4)c32)cc(OC)c1OC. The third-order valence-corrected chi connectivity index (χ3v) is 5.43. The van der Waals surface area contributed by atoms with Crippen LogP contribution in [0.3, 0.4) is 0 Å². The van der Waals surface area contributed by atoms with Crippen LogP contribution in [0.2, 0.25) is 0 Å². The summed E-state index contributed by atoms with van der Waals surface area (Å²) < 4.78 is 31.8. The fraction of sp³-hybridized carbons (Fsp3) is 0.217. The number of nitrogens with one attached hydrogen (secondary N) is 1. The molecule has 1 aliphatic heterocycles. The van der Waals surface area contributed by atoms with Gasteiger partial charge in [-0.15, -0.1) is 0 Å². The van der Waals surface area contributed by atoms with Crippen molar-refractivity contribution in [1.82, 2.24) is 4.57 Å². The van der Waals surface area contributed by atoms with Crippen molar-refractivity contribution < 1.29 is 33.3 Å². The van der Waals surface area contributed by atoms with Crippen molar-refractivity contribution in [3.8, 4) is 22.9 Å². The van der Waals surface area contributed by atoms with E-state index < -0.39 is 17.7 Å².